The van der Waals surface area contributed by atoms with Crippen molar-refractivity contribution in [2.24, 2.45) is 7.05 Å². The number of nitrogens with one attached hydrogen (secondary N) is 1. The summed E-state index contributed by atoms with van der Waals surface area (Å²) in [5.41, 5.74) is 0.707. The zero-order valence-electron chi connectivity index (χ0n) is 19.5. The Bertz CT molecular complexity index is 754. The zero-order chi connectivity index (χ0) is 22.8. The molecule has 0 atom stereocenters. The molecule has 1 rings (SSSR count). The van der Waals surface area contributed by atoms with E-state index in [0.29, 0.717) is 12.2 Å². The van der Waals surface area contributed by atoms with Crippen LogP contribution in [-0.2, 0) is 32.0 Å². The second-order valence-electron chi connectivity index (χ2n) is 8.75. The fraction of sp³-hybridized carbons (Fsp3) is 0.810. The van der Waals surface area contributed by atoms with Crippen molar-refractivity contribution in [3.8, 4) is 0 Å². The molecule has 174 valence electrons. The van der Waals surface area contributed by atoms with Gasteiger partial charge < -0.3 is 10.1 Å². The molecule has 0 spiro atoms. The number of amides is 1. The van der Waals surface area contributed by atoms with Gasteiger partial charge >= 0.3 is 0 Å². The summed E-state index contributed by atoms with van der Waals surface area (Å²) in [6.07, 6.45) is 6.00. The molecule has 9 heteroatoms. The highest BCUT2D eigenvalue weighted by atomic mass is 32.2. The van der Waals surface area contributed by atoms with Crippen LogP contribution in [-0.4, -0.2) is 61.0 Å². The van der Waals surface area contributed by atoms with Crippen LogP contribution in [0.15, 0.2) is 6.07 Å². The Kier molecular flexibility index (Phi) is 11.0. The molecule has 30 heavy (non-hydrogen) atoms. The number of carbonyl (C=O) groups is 1. The van der Waals surface area contributed by atoms with Crippen molar-refractivity contribution in [3.63, 3.8) is 0 Å². The van der Waals surface area contributed by atoms with E-state index in [4.69, 9.17) is 4.74 Å². The normalized spacial score (nSPS) is 12.5. The predicted octanol–water partition coefficient (Wildman–Crippen LogP) is 3.29. The molecule has 0 aliphatic carbocycles. The van der Waals surface area contributed by atoms with E-state index in [2.05, 4.69) is 17.3 Å². The number of methoxy groups -OCH3 is 1. The van der Waals surface area contributed by atoms with Crippen LogP contribution in [0.1, 0.15) is 71.9 Å². The van der Waals surface area contributed by atoms with Crippen LogP contribution in [0.2, 0.25) is 0 Å². The number of carbonyl (C=O) groups excluding carboxylic acids is 1. The minimum absolute atomic E-state index is 0.0516. The lowest BCUT2D eigenvalue weighted by Crippen LogP contribution is -2.41. The van der Waals surface area contributed by atoms with Crippen LogP contribution in [0.4, 0.5) is 5.82 Å². The van der Waals surface area contributed by atoms with Gasteiger partial charge in [-0.2, -0.15) is 9.40 Å². The third kappa shape index (κ3) is 9.14. The molecule has 0 bridgehead atoms. The minimum Gasteiger partial charge on any atom is -0.383 e. The Morgan fingerprint density at radius 3 is 2.40 bits per heavy atom. The molecule has 1 aromatic rings. The van der Waals surface area contributed by atoms with E-state index in [1.807, 2.05) is 26.8 Å². The lowest BCUT2D eigenvalue weighted by Gasteiger charge is -2.21. The first-order valence-electron chi connectivity index (χ1n) is 10.8. The molecule has 1 heterocycles. The average molecular weight is 445 g/mol. The molecule has 8 nitrogen and oxygen atoms in total. The average Bonchev–Trinajstić information content (AvgIpc) is 3.02. The summed E-state index contributed by atoms with van der Waals surface area (Å²) in [4.78, 5) is 12.6. The molecule has 0 saturated heterocycles. The molecule has 0 aliphatic rings. The van der Waals surface area contributed by atoms with Gasteiger partial charge in [0.1, 0.15) is 5.82 Å². The Morgan fingerprint density at radius 2 is 1.83 bits per heavy atom. The third-order valence-electron chi connectivity index (χ3n) is 4.93. The van der Waals surface area contributed by atoms with Gasteiger partial charge in [-0.3, -0.25) is 9.48 Å². The standard InChI is InChI=1S/C21H40N4O4S/c1-7-8-9-10-11-12-15-30(27,28)25(13-14-29-6)17-20(26)22-19-16-18(21(2,3)4)23-24(19)5/h16H,7-15,17H2,1-6H3,(H,22,26). The summed E-state index contributed by atoms with van der Waals surface area (Å²) in [7, 11) is -0.264. The highest BCUT2D eigenvalue weighted by molar-refractivity contribution is 7.89. The van der Waals surface area contributed by atoms with Crippen molar-refractivity contribution >= 4 is 21.7 Å². The Morgan fingerprint density at radius 1 is 1.20 bits per heavy atom. The van der Waals surface area contributed by atoms with Gasteiger partial charge in [-0.1, -0.05) is 59.8 Å². The Balaban J connectivity index is 2.72. The third-order valence-corrected chi connectivity index (χ3v) is 6.83. The summed E-state index contributed by atoms with van der Waals surface area (Å²) in [5, 5.41) is 7.22. The maximum Gasteiger partial charge on any atom is 0.240 e. The largest absolute Gasteiger partial charge is 0.383 e. The minimum atomic E-state index is -3.53. The van der Waals surface area contributed by atoms with Crippen LogP contribution >= 0.6 is 0 Å². The predicted molar refractivity (Wildman–Crippen MR) is 121 cm³/mol. The summed E-state index contributed by atoms with van der Waals surface area (Å²) in [5.74, 6) is 0.210. The van der Waals surface area contributed by atoms with Crippen molar-refractivity contribution in [1.82, 2.24) is 14.1 Å². The number of anilines is 1. The van der Waals surface area contributed by atoms with Crippen LogP contribution in [0.3, 0.4) is 0 Å². The lowest BCUT2D eigenvalue weighted by atomic mass is 9.92. The van der Waals surface area contributed by atoms with Gasteiger partial charge in [-0.25, -0.2) is 8.42 Å². The zero-order valence-corrected chi connectivity index (χ0v) is 20.3. The van der Waals surface area contributed by atoms with Crippen molar-refractivity contribution < 1.29 is 17.9 Å². The molecular weight excluding hydrogens is 404 g/mol. The summed E-state index contributed by atoms with van der Waals surface area (Å²) >= 11 is 0. The smallest absolute Gasteiger partial charge is 0.240 e. The molecule has 0 radical (unpaired) electrons. The van der Waals surface area contributed by atoms with E-state index in [0.717, 1.165) is 31.4 Å². The van der Waals surface area contributed by atoms with Crippen molar-refractivity contribution in [1.29, 1.82) is 0 Å². The highest BCUT2D eigenvalue weighted by Gasteiger charge is 2.25. The van der Waals surface area contributed by atoms with Gasteiger partial charge in [-0.05, 0) is 6.42 Å². The van der Waals surface area contributed by atoms with Gasteiger partial charge in [0, 0.05) is 32.2 Å². The SMILES string of the molecule is CCCCCCCCS(=O)(=O)N(CCOC)CC(=O)Nc1cc(C(C)(C)C)nn1C. The van der Waals surface area contributed by atoms with Crippen LogP contribution < -0.4 is 5.32 Å². The molecule has 0 aliphatic heterocycles. The van der Waals surface area contributed by atoms with E-state index >= 15 is 0 Å². The molecule has 1 N–H and O–H groups in total. The van der Waals surface area contributed by atoms with E-state index < -0.39 is 10.0 Å². The first-order chi connectivity index (χ1) is 14.0. The molecule has 0 fully saturated rings. The van der Waals surface area contributed by atoms with Crippen molar-refractivity contribution in [2.75, 3.05) is 37.9 Å². The first kappa shape index (κ1) is 26.6. The summed E-state index contributed by atoms with van der Waals surface area (Å²) < 4.78 is 33.4. The second kappa shape index (κ2) is 12.4. The van der Waals surface area contributed by atoms with Gasteiger partial charge in [0.15, 0.2) is 0 Å². The molecule has 0 saturated carbocycles. The van der Waals surface area contributed by atoms with Gasteiger partial charge in [-0.15, -0.1) is 0 Å². The van der Waals surface area contributed by atoms with E-state index in [9.17, 15) is 13.2 Å². The number of nitrogens with zero attached hydrogens (tertiary/aromatic N) is 3. The quantitative estimate of drug-likeness (QED) is 0.444. The maximum absolute atomic E-state index is 12.8. The number of aromatic nitrogens is 2. The molecule has 1 aromatic heterocycles. The summed E-state index contributed by atoms with van der Waals surface area (Å²) in [6.45, 7) is 8.44. The second-order valence-corrected chi connectivity index (χ2v) is 10.8. The molecular formula is C21H40N4O4S. The number of aryl methyl sites for hydroxylation is 1. The van der Waals surface area contributed by atoms with Crippen LogP contribution in [0, 0.1) is 0 Å². The number of hydrogen-bond acceptors (Lipinski definition) is 5. The number of rotatable bonds is 14. The van der Waals surface area contributed by atoms with Gasteiger partial charge in [0.2, 0.25) is 15.9 Å². The Labute approximate surface area is 182 Å². The Hall–Kier alpha value is -1.45. The van der Waals surface area contributed by atoms with E-state index in [-0.39, 0.29) is 36.8 Å². The molecule has 0 unspecified atom stereocenters. The molecule has 1 amide bonds. The highest BCUT2D eigenvalue weighted by Crippen LogP contribution is 2.23. The number of ether oxygens (including phenoxy) is 1. The fourth-order valence-corrected chi connectivity index (χ4v) is 4.49. The van der Waals surface area contributed by atoms with Crippen molar-refractivity contribution in [2.45, 2.75) is 71.6 Å². The topological polar surface area (TPSA) is 93.5 Å². The number of sulfonamides is 1. The maximum atomic E-state index is 12.8. The van der Waals surface area contributed by atoms with E-state index in [1.165, 1.54) is 17.8 Å². The van der Waals surface area contributed by atoms with Gasteiger partial charge in [0.05, 0.1) is 24.6 Å². The van der Waals surface area contributed by atoms with Gasteiger partial charge in [0.25, 0.3) is 0 Å². The molecule has 0 aromatic carbocycles. The monoisotopic (exact) mass is 444 g/mol. The number of hydrogen-bond donors (Lipinski definition) is 1. The fourth-order valence-electron chi connectivity index (χ4n) is 3.00. The lowest BCUT2D eigenvalue weighted by molar-refractivity contribution is -0.116. The van der Waals surface area contributed by atoms with Crippen molar-refractivity contribution in [3.05, 3.63) is 11.8 Å². The van der Waals surface area contributed by atoms with Crippen LogP contribution in [0.5, 0.6) is 0 Å². The first-order valence-corrected chi connectivity index (χ1v) is 12.4. The van der Waals surface area contributed by atoms with E-state index in [1.54, 1.807) is 11.7 Å². The summed E-state index contributed by atoms with van der Waals surface area (Å²) in [6, 6.07) is 1.82. The number of unbranched alkanes of at least 4 members (excludes halogenated alkanes) is 5. The van der Waals surface area contributed by atoms with Crippen LogP contribution in [0.25, 0.3) is 0 Å².